The minimum atomic E-state index is -3.74. The molecule has 0 spiro atoms. The molecule has 0 radical (unpaired) electrons. The fourth-order valence-corrected chi connectivity index (χ4v) is 6.64. The predicted octanol–water partition coefficient (Wildman–Crippen LogP) is 1.51. The summed E-state index contributed by atoms with van der Waals surface area (Å²) in [6.07, 6.45) is 6.65. The number of carbonyl (C=O) groups excluding carboxylic acids is 1. The van der Waals surface area contributed by atoms with E-state index >= 15 is 0 Å². The maximum atomic E-state index is 13.6. The summed E-state index contributed by atoms with van der Waals surface area (Å²) in [5, 5.41) is 2.65. The maximum Gasteiger partial charge on any atom is 0.253 e. The molecule has 1 amide bonds. The number of anilines is 1. The zero-order chi connectivity index (χ0) is 21.6. The van der Waals surface area contributed by atoms with Gasteiger partial charge >= 0.3 is 0 Å². The number of hydrogen-bond acceptors (Lipinski definition) is 7. The van der Waals surface area contributed by atoms with Crippen LogP contribution in [0.1, 0.15) is 39.5 Å². The number of aromatic nitrogens is 1. The molecular weight excluding hydrogens is 402 g/mol. The molecule has 0 aliphatic carbocycles. The van der Waals surface area contributed by atoms with E-state index in [1.165, 1.54) is 11.2 Å². The van der Waals surface area contributed by atoms with E-state index in [0.717, 1.165) is 51.1 Å². The molecule has 8 nitrogen and oxygen atoms in total. The molecule has 2 aliphatic heterocycles. The molecule has 2 aliphatic rings. The Morgan fingerprint density at radius 1 is 1.20 bits per heavy atom. The van der Waals surface area contributed by atoms with E-state index in [0.29, 0.717) is 26.1 Å². The smallest absolute Gasteiger partial charge is 0.253 e. The van der Waals surface area contributed by atoms with Crippen molar-refractivity contribution < 1.29 is 13.2 Å². The second kappa shape index (κ2) is 10.5. The normalized spacial score (nSPS) is 20.1. The Labute approximate surface area is 180 Å². The number of pyridine rings is 1. The molecule has 0 aromatic carbocycles. The number of nitrogens with one attached hydrogen (secondary N) is 1. The molecule has 3 rings (SSSR count). The molecule has 0 bridgehead atoms. The highest BCUT2D eigenvalue weighted by Gasteiger charge is 2.39. The number of carbonyl (C=O) groups is 1. The molecule has 1 aromatic rings. The first kappa shape index (κ1) is 23.0. The van der Waals surface area contributed by atoms with Crippen LogP contribution in [0, 0.1) is 5.92 Å². The molecule has 168 valence electrons. The van der Waals surface area contributed by atoms with Crippen molar-refractivity contribution in [1.29, 1.82) is 0 Å². The first-order valence-corrected chi connectivity index (χ1v) is 12.6. The summed E-state index contributed by atoms with van der Waals surface area (Å²) in [5.41, 5.74) is 1.11. The SMILES string of the molecule is CCCC(N1CCN(c2ccncc2)CC1)S(=O)(=O)N(CC1CCNCC1)C(C)=O. The lowest BCUT2D eigenvalue weighted by Crippen LogP contribution is -2.56. The van der Waals surface area contributed by atoms with Crippen molar-refractivity contribution in [3.63, 3.8) is 0 Å². The van der Waals surface area contributed by atoms with Crippen molar-refractivity contribution in [3.05, 3.63) is 24.5 Å². The van der Waals surface area contributed by atoms with Gasteiger partial charge in [-0.1, -0.05) is 13.3 Å². The van der Waals surface area contributed by atoms with Gasteiger partial charge < -0.3 is 10.2 Å². The average Bonchev–Trinajstić information content (AvgIpc) is 2.77. The van der Waals surface area contributed by atoms with Crippen LogP contribution in [0.4, 0.5) is 5.69 Å². The van der Waals surface area contributed by atoms with Gasteiger partial charge in [-0.05, 0) is 50.4 Å². The quantitative estimate of drug-likeness (QED) is 0.660. The first-order valence-electron chi connectivity index (χ1n) is 11.0. The minimum absolute atomic E-state index is 0.232. The third-order valence-corrected chi connectivity index (χ3v) is 8.41. The summed E-state index contributed by atoms with van der Waals surface area (Å²) in [6, 6.07) is 3.96. The fraction of sp³-hybridized carbons (Fsp3) is 0.714. The largest absolute Gasteiger partial charge is 0.369 e. The van der Waals surface area contributed by atoms with Crippen LogP contribution in [-0.2, 0) is 14.8 Å². The first-order chi connectivity index (χ1) is 14.4. The van der Waals surface area contributed by atoms with Crippen LogP contribution < -0.4 is 10.2 Å². The third-order valence-electron chi connectivity index (χ3n) is 6.17. The molecule has 9 heteroatoms. The average molecular weight is 438 g/mol. The standard InChI is InChI=1S/C21H35N5O3S/c1-3-4-21(25-15-13-24(14-16-25)20-7-11-23-12-8-20)30(28,29)26(18(2)27)17-19-5-9-22-10-6-19/h7-8,11-12,19,21-22H,3-6,9-10,13-17H2,1-2H3. The Hall–Kier alpha value is -1.71. The Balaban J connectivity index is 1.72. The van der Waals surface area contributed by atoms with Gasteiger partial charge in [0, 0.05) is 57.7 Å². The van der Waals surface area contributed by atoms with E-state index < -0.39 is 15.4 Å². The van der Waals surface area contributed by atoms with Gasteiger partial charge in [-0.2, -0.15) is 0 Å². The van der Waals surface area contributed by atoms with Gasteiger partial charge in [-0.3, -0.25) is 14.7 Å². The summed E-state index contributed by atoms with van der Waals surface area (Å²) < 4.78 is 28.4. The highest BCUT2D eigenvalue weighted by atomic mass is 32.2. The van der Waals surface area contributed by atoms with Crippen molar-refractivity contribution in [2.24, 2.45) is 5.92 Å². The summed E-state index contributed by atoms with van der Waals surface area (Å²) in [6.45, 7) is 8.27. The van der Waals surface area contributed by atoms with Gasteiger partial charge in [0.2, 0.25) is 5.91 Å². The molecule has 1 unspecified atom stereocenters. The molecule has 30 heavy (non-hydrogen) atoms. The van der Waals surface area contributed by atoms with E-state index in [4.69, 9.17) is 0 Å². The van der Waals surface area contributed by atoms with Crippen molar-refractivity contribution in [1.82, 2.24) is 19.5 Å². The van der Waals surface area contributed by atoms with Crippen LogP contribution in [0.15, 0.2) is 24.5 Å². The highest BCUT2D eigenvalue weighted by Crippen LogP contribution is 2.25. The Kier molecular flexibility index (Phi) is 8.07. The van der Waals surface area contributed by atoms with Crippen LogP contribution in [0.25, 0.3) is 0 Å². The Morgan fingerprint density at radius 2 is 1.83 bits per heavy atom. The molecule has 2 fully saturated rings. The zero-order valence-corrected chi connectivity index (χ0v) is 19.0. The molecular formula is C21H35N5O3S. The van der Waals surface area contributed by atoms with E-state index in [-0.39, 0.29) is 11.8 Å². The van der Waals surface area contributed by atoms with Crippen LogP contribution in [0.5, 0.6) is 0 Å². The summed E-state index contributed by atoms with van der Waals surface area (Å²) in [4.78, 5) is 20.8. The Bertz CT molecular complexity index is 775. The van der Waals surface area contributed by atoms with Gasteiger partial charge in [0.1, 0.15) is 5.37 Å². The van der Waals surface area contributed by atoms with Crippen molar-refractivity contribution in [2.75, 3.05) is 50.7 Å². The minimum Gasteiger partial charge on any atom is -0.369 e. The van der Waals surface area contributed by atoms with E-state index in [1.807, 2.05) is 19.1 Å². The van der Waals surface area contributed by atoms with Gasteiger partial charge in [0.15, 0.2) is 0 Å². The van der Waals surface area contributed by atoms with Crippen LogP contribution in [-0.4, -0.2) is 79.7 Å². The predicted molar refractivity (Wildman–Crippen MR) is 119 cm³/mol. The maximum absolute atomic E-state index is 13.6. The van der Waals surface area contributed by atoms with Gasteiger partial charge in [-0.15, -0.1) is 0 Å². The molecule has 3 heterocycles. The monoisotopic (exact) mass is 437 g/mol. The summed E-state index contributed by atoms with van der Waals surface area (Å²) >= 11 is 0. The van der Waals surface area contributed by atoms with Gasteiger partial charge in [-0.25, -0.2) is 12.7 Å². The topological polar surface area (TPSA) is 85.8 Å². The number of rotatable bonds is 8. The van der Waals surface area contributed by atoms with E-state index in [2.05, 4.69) is 20.1 Å². The number of amides is 1. The number of piperazine rings is 1. The van der Waals surface area contributed by atoms with Crippen LogP contribution >= 0.6 is 0 Å². The summed E-state index contributed by atoms with van der Waals surface area (Å²) in [7, 11) is -3.74. The number of piperidine rings is 1. The van der Waals surface area contributed by atoms with E-state index in [9.17, 15) is 13.2 Å². The molecule has 1 aromatic heterocycles. The second-order valence-electron chi connectivity index (χ2n) is 8.26. The lowest BCUT2D eigenvalue weighted by atomic mass is 9.98. The number of hydrogen-bond donors (Lipinski definition) is 1. The zero-order valence-electron chi connectivity index (χ0n) is 18.2. The molecule has 1 N–H and O–H groups in total. The van der Waals surface area contributed by atoms with E-state index in [1.54, 1.807) is 12.4 Å². The third kappa shape index (κ3) is 5.50. The summed E-state index contributed by atoms with van der Waals surface area (Å²) in [5.74, 6) is -0.138. The van der Waals surface area contributed by atoms with Crippen molar-refractivity contribution in [2.45, 2.75) is 44.9 Å². The molecule has 0 saturated carbocycles. The van der Waals surface area contributed by atoms with Crippen LogP contribution in [0.2, 0.25) is 0 Å². The van der Waals surface area contributed by atoms with Crippen molar-refractivity contribution in [3.8, 4) is 0 Å². The van der Waals surface area contributed by atoms with Crippen molar-refractivity contribution >= 4 is 21.6 Å². The number of nitrogens with zero attached hydrogens (tertiary/aromatic N) is 4. The molecule has 1 atom stereocenters. The fourth-order valence-electron chi connectivity index (χ4n) is 4.45. The molecule has 2 saturated heterocycles. The second-order valence-corrected chi connectivity index (χ2v) is 10.3. The Morgan fingerprint density at radius 3 is 2.40 bits per heavy atom. The lowest BCUT2D eigenvalue weighted by Gasteiger charge is -2.41. The van der Waals surface area contributed by atoms with Gasteiger partial charge in [0.05, 0.1) is 0 Å². The number of sulfonamides is 1. The van der Waals surface area contributed by atoms with Gasteiger partial charge in [0.25, 0.3) is 10.0 Å². The van der Waals surface area contributed by atoms with Crippen LogP contribution in [0.3, 0.4) is 0 Å². The lowest BCUT2D eigenvalue weighted by molar-refractivity contribution is -0.124. The highest BCUT2D eigenvalue weighted by molar-refractivity contribution is 7.90.